The maximum Gasteiger partial charge on any atom is 0.255 e. The summed E-state index contributed by atoms with van der Waals surface area (Å²) < 4.78 is 18.8. The summed E-state index contributed by atoms with van der Waals surface area (Å²) in [6.45, 7) is 3.84. The molecule has 1 amide bonds. The summed E-state index contributed by atoms with van der Waals surface area (Å²) in [6.07, 6.45) is -0.0555. The van der Waals surface area contributed by atoms with Gasteiger partial charge in [0.05, 0.1) is 17.0 Å². The lowest BCUT2D eigenvalue weighted by Crippen LogP contribution is -2.11. The number of benzene rings is 3. The zero-order valence-corrected chi connectivity index (χ0v) is 17.1. The lowest BCUT2D eigenvalue weighted by molar-refractivity contribution is 0.102. The number of nitrogens with two attached hydrogens (primary N) is 1. The van der Waals surface area contributed by atoms with Crippen molar-refractivity contribution in [3.8, 4) is 17.0 Å². The lowest BCUT2D eigenvalue weighted by Gasteiger charge is -2.12. The fourth-order valence-electron chi connectivity index (χ4n) is 3.16. The van der Waals surface area contributed by atoms with E-state index in [2.05, 4.69) is 15.3 Å². The van der Waals surface area contributed by atoms with E-state index in [9.17, 15) is 9.18 Å². The number of nitrogens with zero attached hydrogens (tertiary/aromatic N) is 2. The third kappa shape index (κ3) is 4.61. The molecule has 0 spiro atoms. The maximum absolute atomic E-state index is 13.0. The number of halogens is 1. The number of fused-ring (bicyclic) bond motifs is 1. The minimum atomic E-state index is -0.354. The molecule has 6 nitrogen and oxygen atoms in total. The van der Waals surface area contributed by atoms with Crippen LogP contribution in [0.3, 0.4) is 0 Å². The second-order valence-corrected chi connectivity index (χ2v) is 7.32. The van der Waals surface area contributed by atoms with Gasteiger partial charge >= 0.3 is 0 Å². The molecule has 0 unspecified atom stereocenters. The Labute approximate surface area is 178 Å². The highest BCUT2D eigenvalue weighted by Gasteiger charge is 2.12. The van der Waals surface area contributed by atoms with Crippen LogP contribution >= 0.6 is 0 Å². The largest absolute Gasteiger partial charge is 0.474 e. The summed E-state index contributed by atoms with van der Waals surface area (Å²) in [5, 5.41) is 3.51. The van der Waals surface area contributed by atoms with Crippen LogP contribution in [0.1, 0.15) is 24.2 Å². The first-order valence-electron chi connectivity index (χ1n) is 9.80. The zero-order valence-electron chi connectivity index (χ0n) is 17.1. The van der Waals surface area contributed by atoms with Gasteiger partial charge < -0.3 is 15.8 Å². The summed E-state index contributed by atoms with van der Waals surface area (Å²) in [5.41, 5.74) is 9.37. The minimum Gasteiger partial charge on any atom is -0.474 e. The van der Waals surface area contributed by atoms with E-state index < -0.39 is 0 Å². The highest BCUT2D eigenvalue weighted by atomic mass is 19.1. The van der Waals surface area contributed by atoms with Gasteiger partial charge in [0.2, 0.25) is 11.8 Å². The van der Waals surface area contributed by atoms with E-state index in [-0.39, 0.29) is 23.8 Å². The molecule has 7 heteroatoms. The number of ether oxygens (including phenoxy) is 1. The Morgan fingerprint density at radius 2 is 1.65 bits per heavy atom. The van der Waals surface area contributed by atoms with Crippen molar-refractivity contribution >= 4 is 28.4 Å². The van der Waals surface area contributed by atoms with Gasteiger partial charge in [-0.25, -0.2) is 9.37 Å². The monoisotopic (exact) mass is 416 g/mol. The Bertz CT molecular complexity index is 1240. The second kappa shape index (κ2) is 8.39. The van der Waals surface area contributed by atoms with Gasteiger partial charge in [0.25, 0.3) is 5.91 Å². The van der Waals surface area contributed by atoms with Gasteiger partial charge in [0, 0.05) is 11.3 Å². The van der Waals surface area contributed by atoms with E-state index >= 15 is 0 Å². The zero-order chi connectivity index (χ0) is 22.0. The molecule has 1 heterocycles. The van der Waals surface area contributed by atoms with E-state index in [0.717, 1.165) is 16.5 Å². The predicted molar refractivity (Wildman–Crippen MR) is 120 cm³/mol. The van der Waals surface area contributed by atoms with Gasteiger partial charge in [0.1, 0.15) is 5.82 Å². The molecule has 0 aliphatic heterocycles. The highest BCUT2D eigenvalue weighted by molar-refractivity contribution is 6.04. The number of carbonyl (C=O) groups is 1. The van der Waals surface area contributed by atoms with E-state index in [4.69, 9.17) is 10.5 Å². The number of hydrogen-bond donors (Lipinski definition) is 2. The molecule has 0 saturated carbocycles. The summed E-state index contributed by atoms with van der Waals surface area (Å²) in [5.74, 6) is -0.0250. The van der Waals surface area contributed by atoms with Crippen molar-refractivity contribution in [3.63, 3.8) is 0 Å². The summed E-state index contributed by atoms with van der Waals surface area (Å²) in [4.78, 5) is 20.9. The lowest BCUT2D eigenvalue weighted by atomic mass is 10.0. The molecular weight excluding hydrogens is 395 g/mol. The number of rotatable bonds is 5. The smallest absolute Gasteiger partial charge is 0.255 e. The van der Waals surface area contributed by atoms with Crippen molar-refractivity contribution < 1.29 is 13.9 Å². The molecule has 0 bridgehead atoms. The SMILES string of the molecule is CC(C)Oc1nc(N)nc2ccc(-c3ccc(C(=O)Nc4ccc(F)cc4)cc3)cc12. The van der Waals surface area contributed by atoms with Crippen LogP contribution in [0.4, 0.5) is 16.0 Å². The quantitative estimate of drug-likeness (QED) is 0.475. The molecule has 0 aliphatic rings. The molecule has 3 aromatic carbocycles. The van der Waals surface area contributed by atoms with Crippen LogP contribution in [0.2, 0.25) is 0 Å². The van der Waals surface area contributed by atoms with Crippen LogP contribution in [0.5, 0.6) is 5.88 Å². The fraction of sp³-hybridized carbons (Fsp3) is 0.125. The van der Waals surface area contributed by atoms with Crippen molar-refractivity contribution in [1.82, 2.24) is 9.97 Å². The Morgan fingerprint density at radius 3 is 2.32 bits per heavy atom. The van der Waals surface area contributed by atoms with Crippen LogP contribution < -0.4 is 15.8 Å². The average Bonchev–Trinajstić information content (AvgIpc) is 2.75. The van der Waals surface area contributed by atoms with Crippen molar-refractivity contribution in [2.24, 2.45) is 0 Å². The van der Waals surface area contributed by atoms with Gasteiger partial charge in [-0.3, -0.25) is 4.79 Å². The predicted octanol–water partition coefficient (Wildman–Crippen LogP) is 5.06. The summed E-state index contributed by atoms with van der Waals surface area (Å²) in [7, 11) is 0. The first-order chi connectivity index (χ1) is 14.9. The number of carbonyl (C=O) groups excluding carboxylic acids is 1. The van der Waals surface area contributed by atoms with Crippen LogP contribution in [0, 0.1) is 5.82 Å². The van der Waals surface area contributed by atoms with Gasteiger partial charge in [-0.2, -0.15) is 4.98 Å². The Hall–Kier alpha value is -4.00. The van der Waals surface area contributed by atoms with E-state index in [1.54, 1.807) is 12.1 Å². The van der Waals surface area contributed by atoms with E-state index in [1.165, 1.54) is 24.3 Å². The number of aromatic nitrogens is 2. The number of nitrogens with one attached hydrogen (secondary N) is 1. The number of nitrogen functional groups attached to an aromatic ring is 1. The van der Waals surface area contributed by atoms with Crippen LogP contribution in [-0.4, -0.2) is 22.0 Å². The molecule has 3 N–H and O–H groups in total. The molecule has 0 fully saturated rings. The van der Waals surface area contributed by atoms with E-state index in [0.29, 0.717) is 22.6 Å². The highest BCUT2D eigenvalue weighted by Crippen LogP contribution is 2.30. The molecule has 31 heavy (non-hydrogen) atoms. The molecule has 0 radical (unpaired) electrons. The average molecular weight is 416 g/mol. The molecule has 4 rings (SSSR count). The van der Waals surface area contributed by atoms with E-state index in [1.807, 2.05) is 44.2 Å². The second-order valence-electron chi connectivity index (χ2n) is 7.32. The normalized spacial score (nSPS) is 11.0. The molecule has 1 aromatic heterocycles. The van der Waals surface area contributed by atoms with Crippen LogP contribution in [0.25, 0.3) is 22.0 Å². The standard InChI is InChI=1S/C24H21FN4O2/c1-14(2)31-23-20-13-17(7-12-21(20)28-24(26)29-23)15-3-5-16(6-4-15)22(30)27-19-10-8-18(25)9-11-19/h3-14H,1-2H3,(H,27,30)(H2,26,28,29). The van der Waals surface area contributed by atoms with Crippen molar-refractivity contribution in [3.05, 3.63) is 78.1 Å². The first-order valence-corrected chi connectivity index (χ1v) is 9.80. The number of anilines is 2. The summed E-state index contributed by atoms with van der Waals surface area (Å²) in [6, 6.07) is 18.6. The Kier molecular flexibility index (Phi) is 5.49. The maximum atomic E-state index is 13.0. The topological polar surface area (TPSA) is 90.1 Å². The molecule has 0 atom stereocenters. The van der Waals surface area contributed by atoms with Gasteiger partial charge in [-0.05, 0) is 73.5 Å². The molecule has 0 saturated heterocycles. The number of hydrogen-bond acceptors (Lipinski definition) is 5. The molecule has 156 valence electrons. The molecular formula is C24H21FN4O2. The molecule has 0 aliphatic carbocycles. The summed E-state index contributed by atoms with van der Waals surface area (Å²) >= 11 is 0. The third-order valence-electron chi connectivity index (χ3n) is 4.61. The Morgan fingerprint density at radius 1 is 0.968 bits per heavy atom. The van der Waals surface area contributed by atoms with Crippen LogP contribution in [0.15, 0.2) is 66.7 Å². The molecule has 4 aromatic rings. The van der Waals surface area contributed by atoms with Crippen molar-refractivity contribution in [1.29, 1.82) is 0 Å². The van der Waals surface area contributed by atoms with Crippen LogP contribution in [-0.2, 0) is 0 Å². The van der Waals surface area contributed by atoms with Crippen molar-refractivity contribution in [2.75, 3.05) is 11.1 Å². The van der Waals surface area contributed by atoms with Crippen molar-refractivity contribution in [2.45, 2.75) is 20.0 Å². The minimum absolute atomic E-state index is 0.0555. The first kappa shape index (κ1) is 20.3. The van der Waals surface area contributed by atoms with Gasteiger partial charge in [-0.1, -0.05) is 18.2 Å². The fourth-order valence-corrected chi connectivity index (χ4v) is 3.16. The Balaban J connectivity index is 1.60. The number of amides is 1. The van der Waals surface area contributed by atoms with Gasteiger partial charge in [-0.15, -0.1) is 0 Å². The third-order valence-corrected chi connectivity index (χ3v) is 4.61. The van der Waals surface area contributed by atoms with Gasteiger partial charge in [0.15, 0.2) is 0 Å².